The third kappa shape index (κ3) is 1.83. The van der Waals surface area contributed by atoms with Crippen molar-refractivity contribution >= 4 is 28.4 Å². The molecule has 0 spiro atoms. The molecule has 3 aromatic heterocycles. The molecule has 0 saturated carbocycles. The van der Waals surface area contributed by atoms with Gasteiger partial charge < -0.3 is 0 Å². The molecule has 0 radical (unpaired) electrons. The van der Waals surface area contributed by atoms with Gasteiger partial charge in [0.2, 0.25) is 5.95 Å². The number of carbonyl (C=O) groups excluding carboxylic acids is 1. The number of amides is 1. The normalized spacial score (nSPS) is 11.1. The van der Waals surface area contributed by atoms with Gasteiger partial charge in [-0.2, -0.15) is 4.52 Å². The summed E-state index contributed by atoms with van der Waals surface area (Å²) >= 11 is 0. The van der Waals surface area contributed by atoms with Crippen molar-refractivity contribution in [3.05, 3.63) is 35.6 Å². The summed E-state index contributed by atoms with van der Waals surface area (Å²) < 4.78 is 14.7. The monoisotopic (exact) mass is 299 g/mol. The fourth-order valence-corrected chi connectivity index (χ4v) is 2.11. The minimum Gasteiger partial charge on any atom is -0.289 e. The zero-order chi connectivity index (χ0) is 15.1. The van der Waals surface area contributed by atoms with Crippen LogP contribution in [0.15, 0.2) is 24.3 Å². The first-order valence-corrected chi connectivity index (χ1v) is 6.08. The highest BCUT2D eigenvalue weighted by Crippen LogP contribution is 2.20. The van der Waals surface area contributed by atoms with Crippen LogP contribution in [0.25, 0.3) is 16.6 Å². The molecule has 0 saturated heterocycles. The lowest BCUT2D eigenvalue weighted by Gasteiger charge is -2.05. The molecule has 0 aliphatic rings. The molecule has 0 fully saturated rings. The van der Waals surface area contributed by atoms with Crippen LogP contribution in [0.4, 0.5) is 10.3 Å². The molecule has 1 amide bonds. The van der Waals surface area contributed by atoms with Gasteiger partial charge in [-0.05, 0) is 39.1 Å². The first kappa shape index (κ1) is 12.3. The number of benzene rings is 1. The first-order valence-electron chi connectivity index (χ1n) is 6.08. The highest BCUT2D eigenvalue weighted by atomic mass is 19.1. The van der Waals surface area contributed by atoms with Crippen molar-refractivity contribution < 1.29 is 9.18 Å². The van der Waals surface area contributed by atoms with E-state index in [1.54, 1.807) is 12.1 Å². The van der Waals surface area contributed by atoms with Gasteiger partial charge in [-0.3, -0.25) is 10.1 Å². The SMILES string of the molecule is O=C(Nc1nnn[nH]1)c1cc2ccc(F)cc2n2nnnc12. The number of nitrogens with zero attached hydrogens (tertiary/aromatic N) is 7. The number of H-pyrrole nitrogens is 1. The number of hydrogen-bond donors (Lipinski definition) is 2. The van der Waals surface area contributed by atoms with Crippen molar-refractivity contribution in [1.29, 1.82) is 0 Å². The van der Waals surface area contributed by atoms with E-state index in [2.05, 4.69) is 41.5 Å². The number of tetrazole rings is 2. The molecule has 3 heterocycles. The van der Waals surface area contributed by atoms with Crippen LogP contribution in [0.3, 0.4) is 0 Å². The fourth-order valence-electron chi connectivity index (χ4n) is 2.11. The molecule has 4 aromatic rings. The van der Waals surface area contributed by atoms with Gasteiger partial charge in [-0.15, -0.1) is 5.10 Å². The Kier molecular flexibility index (Phi) is 2.51. The number of nitrogens with one attached hydrogen (secondary N) is 2. The van der Waals surface area contributed by atoms with Gasteiger partial charge in [0, 0.05) is 11.5 Å². The van der Waals surface area contributed by atoms with Crippen LogP contribution in [0, 0.1) is 5.82 Å². The Morgan fingerprint density at radius 1 is 1.23 bits per heavy atom. The van der Waals surface area contributed by atoms with Crippen LogP contribution >= 0.6 is 0 Å². The number of aromatic nitrogens is 8. The fraction of sp³-hybridized carbons (Fsp3) is 0. The van der Waals surface area contributed by atoms with E-state index < -0.39 is 11.7 Å². The van der Waals surface area contributed by atoms with E-state index in [4.69, 9.17) is 0 Å². The maximum atomic E-state index is 13.4. The minimum atomic E-state index is -0.496. The second-order valence-corrected chi connectivity index (χ2v) is 4.38. The minimum absolute atomic E-state index is 0.0924. The van der Waals surface area contributed by atoms with Gasteiger partial charge in [0.25, 0.3) is 5.91 Å². The summed E-state index contributed by atoms with van der Waals surface area (Å²) in [5, 5.41) is 26.9. The Hall–Kier alpha value is -3.50. The molecule has 10 nitrogen and oxygen atoms in total. The number of halogens is 1. The Bertz CT molecular complexity index is 994. The van der Waals surface area contributed by atoms with Crippen LogP contribution in [0.1, 0.15) is 10.4 Å². The summed E-state index contributed by atoms with van der Waals surface area (Å²) in [6.07, 6.45) is 0. The van der Waals surface area contributed by atoms with E-state index in [1.165, 1.54) is 16.6 Å². The third-order valence-corrected chi connectivity index (χ3v) is 3.05. The van der Waals surface area contributed by atoms with Crippen molar-refractivity contribution in [1.82, 2.24) is 40.7 Å². The van der Waals surface area contributed by atoms with Crippen LogP contribution in [-0.4, -0.2) is 46.6 Å². The Labute approximate surface area is 120 Å². The average Bonchev–Trinajstić information content (AvgIpc) is 3.17. The summed E-state index contributed by atoms with van der Waals surface area (Å²) in [5.41, 5.74) is 0.862. The second-order valence-electron chi connectivity index (χ2n) is 4.38. The van der Waals surface area contributed by atoms with Gasteiger partial charge in [-0.25, -0.2) is 9.49 Å². The van der Waals surface area contributed by atoms with Crippen molar-refractivity contribution in [3.63, 3.8) is 0 Å². The van der Waals surface area contributed by atoms with Crippen molar-refractivity contribution in [2.45, 2.75) is 0 Å². The highest BCUT2D eigenvalue weighted by Gasteiger charge is 2.17. The van der Waals surface area contributed by atoms with Crippen molar-refractivity contribution in [2.75, 3.05) is 5.32 Å². The molecule has 22 heavy (non-hydrogen) atoms. The number of carbonyl (C=O) groups is 1. The Morgan fingerprint density at radius 3 is 2.95 bits per heavy atom. The number of aromatic amines is 1. The van der Waals surface area contributed by atoms with Crippen molar-refractivity contribution in [2.24, 2.45) is 0 Å². The van der Waals surface area contributed by atoms with Gasteiger partial charge in [0.1, 0.15) is 5.82 Å². The molecule has 1 aromatic carbocycles. The predicted octanol–water partition coefficient (Wildman–Crippen LogP) is 0.182. The van der Waals surface area contributed by atoms with Gasteiger partial charge >= 0.3 is 0 Å². The van der Waals surface area contributed by atoms with E-state index in [-0.39, 0.29) is 17.2 Å². The molecule has 11 heteroatoms. The van der Waals surface area contributed by atoms with Gasteiger partial charge in [-0.1, -0.05) is 5.10 Å². The Morgan fingerprint density at radius 2 is 2.14 bits per heavy atom. The summed E-state index contributed by atoms with van der Waals surface area (Å²) in [4.78, 5) is 12.3. The molecule has 2 N–H and O–H groups in total. The number of rotatable bonds is 2. The molecule has 0 aliphatic heterocycles. The molecule has 0 aliphatic carbocycles. The first-order chi connectivity index (χ1) is 10.7. The zero-order valence-electron chi connectivity index (χ0n) is 10.7. The van der Waals surface area contributed by atoms with Crippen LogP contribution in [-0.2, 0) is 0 Å². The lowest BCUT2D eigenvalue weighted by Crippen LogP contribution is -2.15. The molecule has 4 rings (SSSR count). The average molecular weight is 299 g/mol. The molecule has 0 bridgehead atoms. The lowest BCUT2D eigenvalue weighted by molar-refractivity contribution is 0.102. The predicted molar refractivity (Wildman–Crippen MR) is 70.4 cm³/mol. The molecular formula is C11H6FN9O. The quantitative estimate of drug-likeness (QED) is 0.540. The van der Waals surface area contributed by atoms with Crippen LogP contribution in [0.2, 0.25) is 0 Å². The van der Waals surface area contributed by atoms with E-state index in [0.717, 1.165) is 0 Å². The molecular weight excluding hydrogens is 293 g/mol. The lowest BCUT2D eigenvalue weighted by atomic mass is 10.1. The topological polar surface area (TPSA) is 127 Å². The molecule has 0 atom stereocenters. The largest absolute Gasteiger partial charge is 0.289 e. The number of anilines is 1. The molecule has 0 unspecified atom stereocenters. The van der Waals surface area contributed by atoms with Gasteiger partial charge in [0.15, 0.2) is 5.65 Å². The van der Waals surface area contributed by atoms with E-state index in [1.807, 2.05) is 0 Å². The van der Waals surface area contributed by atoms with E-state index >= 15 is 0 Å². The number of fused-ring (bicyclic) bond motifs is 3. The van der Waals surface area contributed by atoms with Crippen LogP contribution in [0.5, 0.6) is 0 Å². The summed E-state index contributed by atoms with van der Waals surface area (Å²) in [7, 11) is 0. The summed E-state index contributed by atoms with van der Waals surface area (Å²) in [5.74, 6) is -0.825. The smallest absolute Gasteiger partial charge is 0.261 e. The Balaban J connectivity index is 1.90. The maximum Gasteiger partial charge on any atom is 0.261 e. The summed E-state index contributed by atoms with van der Waals surface area (Å²) in [6.45, 7) is 0. The number of hydrogen-bond acceptors (Lipinski definition) is 7. The van der Waals surface area contributed by atoms with Crippen molar-refractivity contribution in [3.8, 4) is 0 Å². The maximum absolute atomic E-state index is 13.4. The third-order valence-electron chi connectivity index (χ3n) is 3.05. The number of pyridine rings is 1. The van der Waals surface area contributed by atoms with Crippen LogP contribution < -0.4 is 5.32 Å². The molecule has 108 valence electrons. The van der Waals surface area contributed by atoms with E-state index in [0.29, 0.717) is 10.9 Å². The summed E-state index contributed by atoms with van der Waals surface area (Å²) in [6, 6.07) is 5.69. The second kappa shape index (κ2) is 4.51. The standard InChI is InChI=1S/C11H6FN9O/c12-6-2-1-5-3-7(10(22)13-11-15-17-18-16-11)9-14-19-20-21(9)8(5)4-6/h1-4H,(H2,13,15,16,17,18,22). The van der Waals surface area contributed by atoms with Gasteiger partial charge in [0.05, 0.1) is 11.1 Å². The van der Waals surface area contributed by atoms with E-state index in [9.17, 15) is 9.18 Å². The highest BCUT2D eigenvalue weighted by molar-refractivity contribution is 6.09. The zero-order valence-corrected chi connectivity index (χ0v) is 10.7.